The zero-order valence-corrected chi connectivity index (χ0v) is 16.0. The van der Waals surface area contributed by atoms with Crippen LogP contribution in [0.1, 0.15) is 17.3 Å². The number of carbonyl (C=O) groups excluding carboxylic acids is 1. The number of carbonyl (C=O) groups is 1. The summed E-state index contributed by atoms with van der Waals surface area (Å²) in [5, 5.41) is 1.40. The van der Waals surface area contributed by atoms with Crippen molar-refractivity contribution in [3.8, 4) is 11.3 Å². The maximum Gasteiger partial charge on any atom is 0.254 e. The van der Waals surface area contributed by atoms with Gasteiger partial charge in [-0.25, -0.2) is 4.98 Å². The summed E-state index contributed by atoms with van der Waals surface area (Å²) < 4.78 is 0. The van der Waals surface area contributed by atoms with E-state index in [1.54, 1.807) is 12.4 Å². The lowest BCUT2D eigenvalue weighted by Gasteiger charge is -2.34. The molecule has 0 bridgehead atoms. The Morgan fingerprint density at radius 3 is 2.52 bits per heavy atom. The highest BCUT2D eigenvalue weighted by atomic mass is 35.5. The van der Waals surface area contributed by atoms with Crippen LogP contribution in [0.2, 0.25) is 5.02 Å². The number of hydrogen-bond acceptors (Lipinski definition) is 4. The summed E-state index contributed by atoms with van der Waals surface area (Å²) in [6.45, 7) is 6.45. The first-order chi connectivity index (χ1) is 13.2. The Labute approximate surface area is 163 Å². The van der Waals surface area contributed by atoms with Crippen LogP contribution in [-0.4, -0.2) is 58.4 Å². The highest BCUT2D eigenvalue weighted by Crippen LogP contribution is 2.28. The number of likely N-dealkylation sites (N-methyl/N-ethyl adjacent to an activating group) is 1. The van der Waals surface area contributed by atoms with Crippen LogP contribution in [-0.2, 0) is 0 Å². The van der Waals surface area contributed by atoms with Gasteiger partial charge >= 0.3 is 0 Å². The molecule has 1 amide bonds. The molecule has 0 saturated carbocycles. The van der Waals surface area contributed by atoms with E-state index in [1.807, 2.05) is 41.3 Å². The average molecular weight is 381 g/mol. The molecule has 0 atom stereocenters. The summed E-state index contributed by atoms with van der Waals surface area (Å²) in [7, 11) is 0. The summed E-state index contributed by atoms with van der Waals surface area (Å²) in [6, 6.07) is 11.2. The van der Waals surface area contributed by atoms with E-state index in [2.05, 4.69) is 16.8 Å². The topological polar surface area (TPSA) is 49.3 Å². The third-order valence-corrected chi connectivity index (χ3v) is 5.32. The minimum absolute atomic E-state index is 0.0377. The molecular formula is C21H21ClN4O. The van der Waals surface area contributed by atoms with Crippen molar-refractivity contribution in [1.82, 2.24) is 19.8 Å². The van der Waals surface area contributed by atoms with Crippen molar-refractivity contribution in [3.63, 3.8) is 0 Å². The van der Waals surface area contributed by atoms with Crippen molar-refractivity contribution in [1.29, 1.82) is 0 Å². The first kappa shape index (κ1) is 17.9. The van der Waals surface area contributed by atoms with Crippen molar-refractivity contribution in [2.75, 3.05) is 32.7 Å². The van der Waals surface area contributed by atoms with E-state index < -0.39 is 0 Å². The average Bonchev–Trinajstić information content (AvgIpc) is 2.73. The number of pyridine rings is 2. The molecule has 3 heterocycles. The van der Waals surface area contributed by atoms with Crippen molar-refractivity contribution in [3.05, 3.63) is 59.4 Å². The van der Waals surface area contributed by atoms with Gasteiger partial charge in [0.1, 0.15) is 0 Å². The van der Waals surface area contributed by atoms with Crippen molar-refractivity contribution < 1.29 is 4.79 Å². The van der Waals surface area contributed by atoms with Crippen molar-refractivity contribution in [2.45, 2.75) is 6.92 Å². The van der Waals surface area contributed by atoms with Crippen molar-refractivity contribution >= 4 is 28.4 Å². The van der Waals surface area contributed by atoms with Gasteiger partial charge < -0.3 is 9.80 Å². The van der Waals surface area contributed by atoms with E-state index >= 15 is 0 Å². The molecule has 2 aromatic heterocycles. The summed E-state index contributed by atoms with van der Waals surface area (Å²) in [4.78, 5) is 26.4. The highest BCUT2D eigenvalue weighted by Gasteiger charge is 2.24. The highest BCUT2D eigenvalue weighted by molar-refractivity contribution is 6.31. The smallest absolute Gasteiger partial charge is 0.254 e. The number of hydrogen-bond donors (Lipinski definition) is 0. The number of halogens is 1. The van der Waals surface area contributed by atoms with Crippen LogP contribution in [0.5, 0.6) is 0 Å². The molecule has 1 aliphatic heterocycles. The second-order valence-electron chi connectivity index (χ2n) is 6.68. The quantitative estimate of drug-likeness (QED) is 0.694. The minimum atomic E-state index is 0.0377. The standard InChI is InChI=1S/C21H21ClN4O/c1-2-25-9-11-26(12-10-25)21(27)18-14-20(15-5-7-23-8-6-15)24-19-4-3-16(22)13-17(18)19/h3-8,13-14H,2,9-12H2,1H3. The van der Waals surface area contributed by atoms with Crippen LogP contribution >= 0.6 is 11.6 Å². The van der Waals surface area contributed by atoms with Gasteiger partial charge in [0.2, 0.25) is 0 Å². The molecule has 0 radical (unpaired) electrons. The van der Waals surface area contributed by atoms with E-state index in [1.165, 1.54) is 0 Å². The molecule has 3 aromatic rings. The number of rotatable bonds is 3. The Bertz CT molecular complexity index is 969. The summed E-state index contributed by atoms with van der Waals surface area (Å²) >= 11 is 6.21. The molecule has 1 saturated heterocycles. The van der Waals surface area contributed by atoms with Crippen LogP contribution in [0, 0.1) is 0 Å². The SMILES string of the molecule is CCN1CCN(C(=O)c2cc(-c3ccncc3)nc3ccc(Cl)cc23)CC1. The van der Waals surface area contributed by atoms with E-state index in [-0.39, 0.29) is 5.91 Å². The van der Waals surface area contributed by atoms with Gasteiger partial charge in [0.05, 0.1) is 16.8 Å². The fourth-order valence-electron chi connectivity index (χ4n) is 3.48. The first-order valence-corrected chi connectivity index (χ1v) is 9.56. The van der Waals surface area contributed by atoms with E-state index in [9.17, 15) is 4.79 Å². The molecule has 0 spiro atoms. The fraction of sp³-hybridized carbons (Fsp3) is 0.286. The van der Waals surface area contributed by atoms with Crippen LogP contribution in [0.4, 0.5) is 0 Å². The van der Waals surface area contributed by atoms with Crippen LogP contribution in [0.25, 0.3) is 22.2 Å². The van der Waals surface area contributed by atoms with Gasteiger partial charge in [-0.2, -0.15) is 0 Å². The lowest BCUT2D eigenvalue weighted by Crippen LogP contribution is -2.48. The zero-order chi connectivity index (χ0) is 18.8. The minimum Gasteiger partial charge on any atom is -0.336 e. The summed E-state index contributed by atoms with van der Waals surface area (Å²) in [5.41, 5.74) is 3.12. The molecule has 0 unspecified atom stereocenters. The molecule has 1 fully saturated rings. The molecule has 6 heteroatoms. The van der Waals surface area contributed by atoms with E-state index in [0.29, 0.717) is 10.6 Å². The maximum atomic E-state index is 13.3. The Morgan fingerprint density at radius 2 is 1.81 bits per heavy atom. The molecule has 0 N–H and O–H groups in total. The lowest BCUT2D eigenvalue weighted by molar-refractivity contribution is 0.0645. The molecule has 4 rings (SSSR count). The van der Waals surface area contributed by atoms with Gasteiger partial charge in [0, 0.05) is 54.5 Å². The number of benzene rings is 1. The van der Waals surface area contributed by atoms with Crippen LogP contribution in [0.3, 0.4) is 0 Å². The molecular weight excluding hydrogens is 360 g/mol. The van der Waals surface area contributed by atoms with Gasteiger partial charge in [-0.15, -0.1) is 0 Å². The Hall–Kier alpha value is -2.50. The van der Waals surface area contributed by atoms with Crippen molar-refractivity contribution in [2.24, 2.45) is 0 Å². The second kappa shape index (κ2) is 7.62. The van der Waals surface area contributed by atoms with Gasteiger partial charge in [-0.3, -0.25) is 9.78 Å². The Morgan fingerprint density at radius 1 is 1.07 bits per heavy atom. The van der Waals surface area contributed by atoms with E-state index in [0.717, 1.165) is 54.9 Å². The zero-order valence-electron chi connectivity index (χ0n) is 15.2. The predicted molar refractivity (Wildman–Crippen MR) is 108 cm³/mol. The normalized spacial score (nSPS) is 15.3. The molecule has 27 heavy (non-hydrogen) atoms. The van der Waals surface area contributed by atoms with Gasteiger partial charge in [0.25, 0.3) is 5.91 Å². The van der Waals surface area contributed by atoms with Gasteiger partial charge in [-0.05, 0) is 42.9 Å². The molecule has 1 aromatic carbocycles. The molecule has 5 nitrogen and oxygen atoms in total. The number of amides is 1. The van der Waals surface area contributed by atoms with E-state index in [4.69, 9.17) is 16.6 Å². The largest absolute Gasteiger partial charge is 0.336 e. The lowest BCUT2D eigenvalue weighted by atomic mass is 10.0. The number of fused-ring (bicyclic) bond motifs is 1. The third-order valence-electron chi connectivity index (χ3n) is 5.08. The maximum absolute atomic E-state index is 13.3. The Kier molecular flexibility index (Phi) is 5.05. The summed E-state index contributed by atoms with van der Waals surface area (Å²) in [6.07, 6.45) is 3.46. The second-order valence-corrected chi connectivity index (χ2v) is 7.12. The summed E-state index contributed by atoms with van der Waals surface area (Å²) in [5.74, 6) is 0.0377. The fourth-order valence-corrected chi connectivity index (χ4v) is 3.66. The Balaban J connectivity index is 1.78. The number of piperazine rings is 1. The monoisotopic (exact) mass is 380 g/mol. The number of aromatic nitrogens is 2. The molecule has 0 aliphatic carbocycles. The molecule has 1 aliphatic rings. The third kappa shape index (κ3) is 3.66. The number of nitrogens with zero attached hydrogens (tertiary/aromatic N) is 4. The van der Waals surface area contributed by atoms with Gasteiger partial charge in [-0.1, -0.05) is 18.5 Å². The first-order valence-electron chi connectivity index (χ1n) is 9.18. The van der Waals surface area contributed by atoms with Crippen LogP contribution < -0.4 is 0 Å². The molecule has 138 valence electrons. The van der Waals surface area contributed by atoms with Gasteiger partial charge in [0.15, 0.2) is 0 Å². The van der Waals surface area contributed by atoms with Crippen LogP contribution in [0.15, 0.2) is 48.8 Å². The predicted octanol–water partition coefficient (Wildman–Crippen LogP) is 3.73.